The zero-order chi connectivity index (χ0) is 10.6. The van der Waals surface area contributed by atoms with E-state index in [0.717, 1.165) is 16.5 Å². The molecule has 0 spiro atoms. The Kier molecular flexibility index (Phi) is 4.64. The van der Waals surface area contributed by atoms with Gasteiger partial charge in [0.05, 0.1) is 16.8 Å². The average Bonchev–Trinajstić information content (AvgIpc) is 2.20. The summed E-state index contributed by atoms with van der Waals surface area (Å²) in [6.07, 6.45) is 0.864. The zero-order valence-electron chi connectivity index (χ0n) is 7.87. The van der Waals surface area contributed by atoms with Crippen LogP contribution in [0.1, 0.15) is 23.7 Å². The molecule has 0 saturated carbocycles. The minimum atomic E-state index is 0.0381. The van der Waals surface area contributed by atoms with Crippen molar-refractivity contribution in [3.05, 3.63) is 34.3 Å². The SMILES string of the molecule is CCC(C#N)C(Br)c1ccc(Br)cc1. The fourth-order valence-corrected chi connectivity index (χ4v) is 2.30. The van der Waals surface area contributed by atoms with Gasteiger partial charge in [0.1, 0.15) is 0 Å². The van der Waals surface area contributed by atoms with E-state index in [9.17, 15) is 0 Å². The molecule has 0 aromatic heterocycles. The minimum absolute atomic E-state index is 0.0381. The Hall–Kier alpha value is -0.330. The molecule has 1 aromatic carbocycles. The fourth-order valence-electron chi connectivity index (χ4n) is 1.24. The Morgan fingerprint density at radius 1 is 1.36 bits per heavy atom. The first-order valence-electron chi connectivity index (χ1n) is 4.48. The summed E-state index contributed by atoms with van der Waals surface area (Å²) in [5.74, 6) is 0.0381. The lowest BCUT2D eigenvalue weighted by atomic mass is 9.98. The topological polar surface area (TPSA) is 23.8 Å². The van der Waals surface area contributed by atoms with E-state index in [4.69, 9.17) is 5.26 Å². The van der Waals surface area contributed by atoms with Crippen LogP contribution in [0.4, 0.5) is 0 Å². The molecule has 0 aliphatic rings. The van der Waals surface area contributed by atoms with Gasteiger partial charge in [0.2, 0.25) is 0 Å². The molecule has 0 N–H and O–H groups in total. The van der Waals surface area contributed by atoms with E-state index in [2.05, 4.69) is 37.9 Å². The summed E-state index contributed by atoms with van der Waals surface area (Å²) >= 11 is 6.94. The lowest BCUT2D eigenvalue weighted by Gasteiger charge is -2.14. The van der Waals surface area contributed by atoms with Crippen LogP contribution in [0.2, 0.25) is 0 Å². The van der Waals surface area contributed by atoms with Gasteiger partial charge < -0.3 is 0 Å². The van der Waals surface area contributed by atoms with Crippen LogP contribution in [-0.2, 0) is 0 Å². The third-order valence-corrected chi connectivity index (χ3v) is 3.84. The molecule has 1 aromatic rings. The second-order valence-corrected chi connectivity index (χ2v) is 5.00. The van der Waals surface area contributed by atoms with E-state index in [1.54, 1.807) is 0 Å². The first-order valence-corrected chi connectivity index (χ1v) is 6.19. The lowest BCUT2D eigenvalue weighted by molar-refractivity contribution is 0.633. The average molecular weight is 317 g/mol. The van der Waals surface area contributed by atoms with Crippen LogP contribution >= 0.6 is 31.9 Å². The summed E-state index contributed by atoms with van der Waals surface area (Å²) in [4.78, 5) is 0.130. The van der Waals surface area contributed by atoms with Gasteiger partial charge >= 0.3 is 0 Å². The quantitative estimate of drug-likeness (QED) is 0.756. The van der Waals surface area contributed by atoms with Crippen LogP contribution < -0.4 is 0 Å². The Bertz CT molecular complexity index is 326. The van der Waals surface area contributed by atoms with Crippen LogP contribution in [-0.4, -0.2) is 0 Å². The van der Waals surface area contributed by atoms with Crippen molar-refractivity contribution >= 4 is 31.9 Å². The Balaban J connectivity index is 2.84. The molecule has 0 amide bonds. The van der Waals surface area contributed by atoms with Crippen molar-refractivity contribution in [3.63, 3.8) is 0 Å². The largest absolute Gasteiger partial charge is 0.198 e. The van der Waals surface area contributed by atoms with Gasteiger partial charge in [0, 0.05) is 4.47 Å². The maximum Gasteiger partial charge on any atom is 0.0671 e. The second kappa shape index (κ2) is 5.53. The first kappa shape index (κ1) is 11.7. The van der Waals surface area contributed by atoms with E-state index in [1.165, 1.54) is 0 Å². The van der Waals surface area contributed by atoms with Crippen LogP contribution in [0.3, 0.4) is 0 Å². The molecule has 0 saturated heterocycles. The number of rotatable bonds is 3. The maximum atomic E-state index is 8.92. The molecule has 74 valence electrons. The lowest BCUT2D eigenvalue weighted by Crippen LogP contribution is -2.03. The van der Waals surface area contributed by atoms with Gasteiger partial charge in [-0.1, -0.05) is 50.9 Å². The van der Waals surface area contributed by atoms with E-state index < -0.39 is 0 Å². The highest BCUT2D eigenvalue weighted by molar-refractivity contribution is 9.10. The molecule has 3 heteroatoms. The molecule has 0 radical (unpaired) electrons. The van der Waals surface area contributed by atoms with Crippen molar-refractivity contribution in [1.29, 1.82) is 5.26 Å². The third-order valence-electron chi connectivity index (χ3n) is 2.15. The molecule has 0 heterocycles. The summed E-state index contributed by atoms with van der Waals surface area (Å²) in [7, 11) is 0. The van der Waals surface area contributed by atoms with Gasteiger partial charge in [0.25, 0.3) is 0 Å². The van der Waals surface area contributed by atoms with Gasteiger partial charge in [0.15, 0.2) is 0 Å². The first-order chi connectivity index (χ1) is 6.69. The number of alkyl halides is 1. The highest BCUT2D eigenvalue weighted by Crippen LogP contribution is 2.33. The van der Waals surface area contributed by atoms with Crippen LogP contribution in [0.15, 0.2) is 28.7 Å². The fraction of sp³-hybridized carbons (Fsp3) is 0.364. The van der Waals surface area contributed by atoms with Gasteiger partial charge in [-0.3, -0.25) is 0 Å². The number of nitriles is 1. The molecule has 2 atom stereocenters. The molecule has 2 unspecified atom stereocenters. The van der Waals surface area contributed by atoms with Gasteiger partial charge in [-0.25, -0.2) is 0 Å². The van der Waals surface area contributed by atoms with Crippen molar-refractivity contribution in [2.75, 3.05) is 0 Å². The summed E-state index contributed by atoms with van der Waals surface area (Å²) in [6.45, 7) is 2.03. The predicted octanol–water partition coefficient (Wildman–Crippen LogP) is 4.43. The molecule has 0 aliphatic carbocycles. The molecular formula is C11H11Br2N. The summed E-state index contributed by atoms with van der Waals surface area (Å²) < 4.78 is 1.06. The number of halogens is 2. The molecule has 0 fully saturated rings. The number of benzene rings is 1. The highest BCUT2D eigenvalue weighted by Gasteiger charge is 2.17. The smallest absolute Gasteiger partial charge is 0.0671 e. The van der Waals surface area contributed by atoms with E-state index >= 15 is 0 Å². The summed E-state index contributed by atoms with van der Waals surface area (Å²) in [5.41, 5.74) is 1.15. The molecule has 14 heavy (non-hydrogen) atoms. The summed E-state index contributed by atoms with van der Waals surface area (Å²) in [5, 5.41) is 8.92. The Labute approximate surface area is 101 Å². The highest BCUT2D eigenvalue weighted by atomic mass is 79.9. The Morgan fingerprint density at radius 2 is 1.93 bits per heavy atom. The van der Waals surface area contributed by atoms with Crippen LogP contribution in [0.25, 0.3) is 0 Å². The van der Waals surface area contributed by atoms with Crippen molar-refractivity contribution in [3.8, 4) is 6.07 Å². The number of hydrogen-bond acceptors (Lipinski definition) is 1. The van der Waals surface area contributed by atoms with Crippen molar-refractivity contribution in [1.82, 2.24) is 0 Å². The van der Waals surface area contributed by atoms with E-state index in [1.807, 2.05) is 31.2 Å². The Morgan fingerprint density at radius 3 is 2.36 bits per heavy atom. The maximum absolute atomic E-state index is 8.92. The monoisotopic (exact) mass is 315 g/mol. The third kappa shape index (κ3) is 2.83. The summed E-state index contributed by atoms with van der Waals surface area (Å²) in [6, 6.07) is 10.4. The zero-order valence-corrected chi connectivity index (χ0v) is 11.0. The standard InChI is InChI=1S/C11H11Br2N/c1-2-8(7-14)11(13)9-3-5-10(12)6-4-9/h3-6,8,11H,2H2,1H3. The van der Waals surface area contributed by atoms with Gasteiger partial charge in [-0.2, -0.15) is 5.26 Å². The van der Waals surface area contributed by atoms with E-state index in [0.29, 0.717) is 0 Å². The van der Waals surface area contributed by atoms with Crippen molar-refractivity contribution < 1.29 is 0 Å². The second-order valence-electron chi connectivity index (χ2n) is 3.10. The van der Waals surface area contributed by atoms with Crippen molar-refractivity contribution in [2.24, 2.45) is 5.92 Å². The number of hydrogen-bond donors (Lipinski definition) is 0. The number of nitrogens with zero attached hydrogens (tertiary/aromatic N) is 1. The molecule has 0 bridgehead atoms. The minimum Gasteiger partial charge on any atom is -0.198 e. The van der Waals surface area contributed by atoms with Crippen LogP contribution in [0.5, 0.6) is 0 Å². The molecule has 0 aliphatic heterocycles. The van der Waals surface area contributed by atoms with Crippen molar-refractivity contribution in [2.45, 2.75) is 18.2 Å². The van der Waals surface area contributed by atoms with Gasteiger partial charge in [-0.15, -0.1) is 0 Å². The van der Waals surface area contributed by atoms with Crippen LogP contribution in [0, 0.1) is 17.2 Å². The van der Waals surface area contributed by atoms with Gasteiger partial charge in [-0.05, 0) is 24.1 Å². The normalized spacial score (nSPS) is 14.4. The van der Waals surface area contributed by atoms with E-state index in [-0.39, 0.29) is 10.7 Å². The molecule has 1 nitrogen and oxygen atoms in total. The molecule has 1 rings (SSSR count). The predicted molar refractivity (Wildman–Crippen MR) is 65.2 cm³/mol. The molecular weight excluding hydrogens is 306 g/mol.